The second kappa shape index (κ2) is 5.07. The third-order valence-corrected chi connectivity index (χ3v) is 2.32. The zero-order valence-corrected chi connectivity index (χ0v) is 8.17. The number of hydrogen-bond donors (Lipinski definition) is 2. The molecule has 0 rings (SSSR count). The molecule has 13 heavy (non-hydrogen) atoms. The van der Waals surface area contributed by atoms with E-state index in [4.69, 9.17) is 21.8 Å². The van der Waals surface area contributed by atoms with E-state index in [0.717, 1.165) is 12.8 Å². The first-order valence-corrected chi connectivity index (χ1v) is 4.48. The highest BCUT2D eigenvalue weighted by Gasteiger charge is 2.43. The topological polar surface area (TPSA) is 74.6 Å². The molecule has 0 aliphatic rings. The van der Waals surface area contributed by atoms with E-state index in [1.807, 2.05) is 6.92 Å². The van der Waals surface area contributed by atoms with Gasteiger partial charge in [0.1, 0.15) is 0 Å². The Labute approximate surface area is 81.5 Å². The maximum absolute atomic E-state index is 10.5. The van der Waals surface area contributed by atoms with Crippen molar-refractivity contribution in [1.29, 1.82) is 0 Å². The van der Waals surface area contributed by atoms with E-state index in [0.29, 0.717) is 6.42 Å². The van der Waals surface area contributed by atoms with Crippen LogP contribution in [0, 0.1) is 0 Å². The molecule has 0 aromatic heterocycles. The molecule has 76 valence electrons. The van der Waals surface area contributed by atoms with Crippen LogP contribution in [0.5, 0.6) is 0 Å². The van der Waals surface area contributed by atoms with Gasteiger partial charge in [-0.05, 0) is 6.42 Å². The van der Waals surface area contributed by atoms with Crippen LogP contribution in [0.4, 0.5) is 0 Å². The van der Waals surface area contributed by atoms with Gasteiger partial charge in [-0.1, -0.05) is 37.8 Å². The van der Waals surface area contributed by atoms with Crippen molar-refractivity contribution in [3.8, 4) is 0 Å². The van der Waals surface area contributed by atoms with Gasteiger partial charge in [-0.3, -0.25) is 0 Å². The summed E-state index contributed by atoms with van der Waals surface area (Å²) in [6, 6.07) is 0. The summed E-state index contributed by atoms with van der Waals surface area (Å²) < 4.78 is 0. The number of halogens is 1. The average Bonchev–Trinajstić information content (AvgIpc) is 2.03. The van der Waals surface area contributed by atoms with Gasteiger partial charge >= 0.3 is 11.9 Å². The highest BCUT2D eigenvalue weighted by atomic mass is 35.5. The van der Waals surface area contributed by atoms with Crippen LogP contribution < -0.4 is 0 Å². The van der Waals surface area contributed by atoms with Gasteiger partial charge in [0.25, 0.3) is 0 Å². The summed E-state index contributed by atoms with van der Waals surface area (Å²) in [6.07, 6.45) is 2.16. The number of rotatable bonds is 6. The molecule has 0 amide bonds. The monoisotopic (exact) mass is 208 g/mol. The van der Waals surface area contributed by atoms with Crippen LogP contribution in [-0.2, 0) is 9.59 Å². The maximum Gasteiger partial charge on any atom is 0.336 e. The van der Waals surface area contributed by atoms with E-state index in [2.05, 4.69) is 0 Å². The van der Waals surface area contributed by atoms with Gasteiger partial charge in [-0.25, -0.2) is 9.59 Å². The van der Waals surface area contributed by atoms with Crippen LogP contribution in [0.3, 0.4) is 0 Å². The fourth-order valence-electron chi connectivity index (χ4n) is 0.924. The molecule has 0 heterocycles. The molecular formula is C8H13ClO4. The molecule has 0 radical (unpaired) electrons. The lowest BCUT2D eigenvalue weighted by molar-refractivity contribution is -0.152. The lowest BCUT2D eigenvalue weighted by Crippen LogP contribution is -2.41. The first kappa shape index (κ1) is 12.2. The van der Waals surface area contributed by atoms with Crippen molar-refractivity contribution in [2.45, 2.75) is 37.5 Å². The minimum atomic E-state index is -2.14. The number of carboxylic acids is 2. The predicted molar refractivity (Wildman–Crippen MR) is 48.0 cm³/mol. The zero-order valence-electron chi connectivity index (χ0n) is 7.42. The minimum absolute atomic E-state index is 0.0347. The van der Waals surface area contributed by atoms with Crippen LogP contribution in [0.25, 0.3) is 0 Å². The van der Waals surface area contributed by atoms with Crippen LogP contribution >= 0.6 is 11.6 Å². The Kier molecular flexibility index (Phi) is 4.77. The number of alkyl halides is 1. The van der Waals surface area contributed by atoms with Gasteiger partial charge in [0, 0.05) is 0 Å². The van der Waals surface area contributed by atoms with Crippen molar-refractivity contribution < 1.29 is 19.8 Å². The summed E-state index contributed by atoms with van der Waals surface area (Å²) in [5.41, 5.74) is 0. The molecule has 0 saturated heterocycles. The third-order valence-electron chi connectivity index (χ3n) is 1.80. The Bertz CT molecular complexity index is 188. The number of carboxylic acid groups (broad SMARTS) is 2. The quantitative estimate of drug-likeness (QED) is 0.396. The largest absolute Gasteiger partial charge is 0.479 e. The highest BCUT2D eigenvalue weighted by molar-refractivity contribution is 6.44. The van der Waals surface area contributed by atoms with E-state index in [1.54, 1.807) is 0 Å². The molecule has 5 heteroatoms. The highest BCUT2D eigenvalue weighted by Crippen LogP contribution is 2.23. The van der Waals surface area contributed by atoms with E-state index in [1.165, 1.54) is 0 Å². The average molecular weight is 209 g/mol. The normalized spacial score (nSPS) is 11.2. The maximum atomic E-state index is 10.5. The molecule has 0 aliphatic carbocycles. The lowest BCUT2D eigenvalue weighted by Gasteiger charge is -2.16. The standard InChI is InChI=1S/C8H13ClO4/c1-2-3-4-5-8(9,6(10)11)7(12)13/h2-5H2,1H3,(H,10,11)(H,12,13). The van der Waals surface area contributed by atoms with Gasteiger partial charge in [-0.15, -0.1) is 0 Å². The van der Waals surface area contributed by atoms with Crippen LogP contribution in [-0.4, -0.2) is 27.0 Å². The van der Waals surface area contributed by atoms with E-state index >= 15 is 0 Å². The minimum Gasteiger partial charge on any atom is -0.479 e. The van der Waals surface area contributed by atoms with Gasteiger partial charge in [0.15, 0.2) is 0 Å². The number of carbonyl (C=O) groups is 2. The molecule has 0 bridgehead atoms. The summed E-state index contributed by atoms with van der Waals surface area (Å²) >= 11 is 5.45. The molecule has 0 atom stereocenters. The summed E-state index contributed by atoms with van der Waals surface area (Å²) in [6.45, 7) is 1.94. The molecule has 4 nitrogen and oxygen atoms in total. The molecule has 0 fully saturated rings. The zero-order chi connectivity index (χ0) is 10.5. The second-order valence-corrected chi connectivity index (χ2v) is 3.51. The summed E-state index contributed by atoms with van der Waals surface area (Å²) in [5, 5.41) is 17.2. The number of aliphatic carboxylic acids is 2. The van der Waals surface area contributed by atoms with E-state index in [-0.39, 0.29) is 6.42 Å². The summed E-state index contributed by atoms with van der Waals surface area (Å²) in [7, 11) is 0. The van der Waals surface area contributed by atoms with E-state index < -0.39 is 16.8 Å². The van der Waals surface area contributed by atoms with Crippen molar-refractivity contribution in [2.75, 3.05) is 0 Å². The van der Waals surface area contributed by atoms with Crippen molar-refractivity contribution in [3.63, 3.8) is 0 Å². The number of hydrogen-bond acceptors (Lipinski definition) is 2. The van der Waals surface area contributed by atoms with Crippen LogP contribution in [0.2, 0.25) is 0 Å². The summed E-state index contributed by atoms with van der Waals surface area (Å²) in [4.78, 5) is 18.9. The Balaban J connectivity index is 4.26. The van der Waals surface area contributed by atoms with Crippen molar-refractivity contribution >= 4 is 23.5 Å². The third kappa shape index (κ3) is 3.22. The van der Waals surface area contributed by atoms with Gasteiger partial charge in [-0.2, -0.15) is 0 Å². The smallest absolute Gasteiger partial charge is 0.336 e. The first-order chi connectivity index (χ1) is 5.95. The van der Waals surface area contributed by atoms with Crippen molar-refractivity contribution in [2.24, 2.45) is 0 Å². The Morgan fingerprint density at radius 3 is 2.00 bits per heavy atom. The second-order valence-electron chi connectivity index (χ2n) is 2.87. The molecule has 0 saturated carbocycles. The predicted octanol–water partition coefficient (Wildman–Crippen LogP) is 1.71. The Hall–Kier alpha value is -0.770. The van der Waals surface area contributed by atoms with E-state index in [9.17, 15) is 9.59 Å². The van der Waals surface area contributed by atoms with Crippen LogP contribution in [0.15, 0.2) is 0 Å². The van der Waals surface area contributed by atoms with Crippen molar-refractivity contribution in [3.05, 3.63) is 0 Å². The van der Waals surface area contributed by atoms with Crippen LogP contribution in [0.1, 0.15) is 32.6 Å². The molecule has 0 aliphatic heterocycles. The molecule has 0 spiro atoms. The van der Waals surface area contributed by atoms with Crippen molar-refractivity contribution in [1.82, 2.24) is 0 Å². The summed E-state index contributed by atoms with van der Waals surface area (Å²) in [5.74, 6) is -2.98. The Morgan fingerprint density at radius 1 is 1.23 bits per heavy atom. The molecular weight excluding hydrogens is 196 g/mol. The number of unbranched alkanes of at least 4 members (excludes halogenated alkanes) is 2. The fourth-order valence-corrected chi connectivity index (χ4v) is 1.06. The Morgan fingerprint density at radius 2 is 1.69 bits per heavy atom. The SMILES string of the molecule is CCCCCC(Cl)(C(=O)O)C(=O)O. The molecule has 0 unspecified atom stereocenters. The molecule has 2 N–H and O–H groups in total. The molecule has 0 aromatic carbocycles. The molecule has 0 aromatic rings. The van der Waals surface area contributed by atoms with Gasteiger partial charge in [0.2, 0.25) is 4.87 Å². The first-order valence-electron chi connectivity index (χ1n) is 4.11. The van der Waals surface area contributed by atoms with Gasteiger partial charge < -0.3 is 10.2 Å². The fraction of sp³-hybridized carbons (Fsp3) is 0.750. The lowest BCUT2D eigenvalue weighted by atomic mass is 10.0. The van der Waals surface area contributed by atoms with Gasteiger partial charge in [0.05, 0.1) is 0 Å².